The minimum Gasteiger partial charge on any atom is -0.491 e. The third-order valence-corrected chi connectivity index (χ3v) is 5.02. The standard InChI is InChI=1S/C20H27N3O6/c1-13-3-4-14(2)17(9-13)29-12-15(24)11-23-19(26)16(21-20(23)27)10-18(25)22-5-7-28-8-6-22/h3-4,9,15-16,24H,5-8,10-12H2,1-2H3,(H,21,27)/t15-,16-/m1/s1. The van der Waals surface area contributed by atoms with Gasteiger partial charge in [0.2, 0.25) is 5.91 Å². The maximum atomic E-state index is 12.5. The largest absolute Gasteiger partial charge is 0.491 e. The summed E-state index contributed by atoms with van der Waals surface area (Å²) in [6.07, 6.45) is -1.14. The smallest absolute Gasteiger partial charge is 0.324 e. The van der Waals surface area contributed by atoms with Crippen LogP contribution < -0.4 is 10.1 Å². The average Bonchev–Trinajstić information content (AvgIpc) is 2.96. The molecule has 0 spiro atoms. The molecule has 2 fully saturated rings. The number of amides is 4. The molecule has 1 aromatic carbocycles. The molecule has 0 unspecified atom stereocenters. The molecular formula is C20H27N3O6. The van der Waals surface area contributed by atoms with Crippen molar-refractivity contribution in [3.8, 4) is 5.75 Å². The van der Waals surface area contributed by atoms with Crippen molar-refractivity contribution in [2.45, 2.75) is 32.4 Å². The van der Waals surface area contributed by atoms with Crippen molar-refractivity contribution in [3.63, 3.8) is 0 Å². The van der Waals surface area contributed by atoms with Gasteiger partial charge in [-0.3, -0.25) is 14.5 Å². The molecule has 2 aliphatic heterocycles. The van der Waals surface area contributed by atoms with Gasteiger partial charge in [-0.25, -0.2) is 4.79 Å². The molecule has 2 atom stereocenters. The van der Waals surface area contributed by atoms with Crippen LogP contribution in [0, 0.1) is 13.8 Å². The Labute approximate surface area is 169 Å². The Morgan fingerprint density at radius 1 is 1.31 bits per heavy atom. The van der Waals surface area contributed by atoms with E-state index in [9.17, 15) is 19.5 Å². The summed E-state index contributed by atoms with van der Waals surface area (Å²) in [5, 5.41) is 12.8. The molecule has 0 radical (unpaired) electrons. The predicted molar refractivity (Wildman–Crippen MR) is 103 cm³/mol. The Morgan fingerprint density at radius 3 is 2.76 bits per heavy atom. The van der Waals surface area contributed by atoms with Crippen molar-refractivity contribution in [1.82, 2.24) is 15.1 Å². The molecule has 0 aliphatic carbocycles. The number of hydrogen-bond acceptors (Lipinski definition) is 6. The normalized spacial score (nSPS) is 20.6. The summed E-state index contributed by atoms with van der Waals surface area (Å²) in [6.45, 7) is 5.47. The summed E-state index contributed by atoms with van der Waals surface area (Å²) in [7, 11) is 0. The van der Waals surface area contributed by atoms with Gasteiger partial charge in [-0.15, -0.1) is 0 Å². The molecule has 2 saturated heterocycles. The number of urea groups is 1. The van der Waals surface area contributed by atoms with Crippen LogP contribution in [0.1, 0.15) is 17.5 Å². The third kappa shape index (κ3) is 5.24. The number of hydrogen-bond donors (Lipinski definition) is 2. The Bertz CT molecular complexity index is 777. The van der Waals surface area contributed by atoms with Crippen LogP contribution in [0.25, 0.3) is 0 Å². The maximum Gasteiger partial charge on any atom is 0.324 e. The zero-order chi connectivity index (χ0) is 21.0. The van der Waals surface area contributed by atoms with Gasteiger partial charge >= 0.3 is 6.03 Å². The lowest BCUT2D eigenvalue weighted by atomic mass is 10.1. The quantitative estimate of drug-likeness (QED) is 0.628. The van der Waals surface area contributed by atoms with Gasteiger partial charge in [0, 0.05) is 13.1 Å². The van der Waals surface area contributed by atoms with Crippen LogP contribution >= 0.6 is 0 Å². The zero-order valence-electron chi connectivity index (χ0n) is 16.7. The Hall–Kier alpha value is -2.65. The molecular weight excluding hydrogens is 378 g/mol. The van der Waals surface area contributed by atoms with E-state index in [1.54, 1.807) is 4.90 Å². The maximum absolute atomic E-state index is 12.5. The van der Waals surface area contributed by atoms with Crippen molar-refractivity contribution in [2.75, 3.05) is 39.5 Å². The molecule has 3 rings (SSSR count). The van der Waals surface area contributed by atoms with Gasteiger partial charge in [0.25, 0.3) is 5.91 Å². The molecule has 29 heavy (non-hydrogen) atoms. The number of benzene rings is 1. The zero-order valence-corrected chi connectivity index (χ0v) is 16.7. The minimum atomic E-state index is -1.04. The molecule has 0 saturated carbocycles. The van der Waals surface area contributed by atoms with Crippen LogP contribution in [0.3, 0.4) is 0 Å². The van der Waals surface area contributed by atoms with Gasteiger partial charge in [0.15, 0.2) is 0 Å². The van der Waals surface area contributed by atoms with E-state index in [0.29, 0.717) is 32.1 Å². The van der Waals surface area contributed by atoms with E-state index in [2.05, 4.69) is 5.32 Å². The number of aliphatic hydroxyl groups is 1. The van der Waals surface area contributed by atoms with Crippen molar-refractivity contribution in [2.24, 2.45) is 0 Å². The van der Waals surface area contributed by atoms with Crippen LogP contribution in [0.5, 0.6) is 5.75 Å². The van der Waals surface area contributed by atoms with E-state index < -0.39 is 24.1 Å². The van der Waals surface area contributed by atoms with Crippen molar-refractivity contribution in [1.29, 1.82) is 0 Å². The highest BCUT2D eigenvalue weighted by Gasteiger charge is 2.40. The van der Waals surface area contributed by atoms with Gasteiger partial charge in [0.05, 0.1) is 26.2 Å². The van der Waals surface area contributed by atoms with Crippen LogP contribution in [0.4, 0.5) is 4.79 Å². The Morgan fingerprint density at radius 2 is 2.03 bits per heavy atom. The highest BCUT2D eigenvalue weighted by molar-refractivity contribution is 6.05. The van der Waals surface area contributed by atoms with Crippen LogP contribution in [0.15, 0.2) is 18.2 Å². The van der Waals surface area contributed by atoms with Crippen LogP contribution in [0.2, 0.25) is 0 Å². The van der Waals surface area contributed by atoms with Gasteiger partial charge in [-0.2, -0.15) is 0 Å². The van der Waals surface area contributed by atoms with Gasteiger partial charge < -0.3 is 24.8 Å². The van der Waals surface area contributed by atoms with E-state index in [0.717, 1.165) is 16.0 Å². The highest BCUT2D eigenvalue weighted by atomic mass is 16.5. The highest BCUT2D eigenvalue weighted by Crippen LogP contribution is 2.19. The first kappa shape index (κ1) is 21.1. The number of rotatable bonds is 7. The number of nitrogens with zero attached hydrogens (tertiary/aromatic N) is 2. The molecule has 0 aromatic heterocycles. The first-order chi connectivity index (χ1) is 13.8. The molecule has 9 nitrogen and oxygen atoms in total. The number of imide groups is 1. The van der Waals surface area contributed by atoms with Gasteiger partial charge in [-0.05, 0) is 31.0 Å². The topological polar surface area (TPSA) is 108 Å². The molecule has 4 amide bonds. The number of aryl methyl sites for hydroxylation is 2. The fourth-order valence-electron chi connectivity index (χ4n) is 3.32. The lowest BCUT2D eigenvalue weighted by molar-refractivity contribution is -0.138. The summed E-state index contributed by atoms with van der Waals surface area (Å²) in [5.41, 5.74) is 1.96. The van der Waals surface area contributed by atoms with Crippen LogP contribution in [-0.2, 0) is 14.3 Å². The average molecular weight is 405 g/mol. The summed E-state index contributed by atoms with van der Waals surface area (Å²) in [4.78, 5) is 39.6. The summed E-state index contributed by atoms with van der Waals surface area (Å²) < 4.78 is 10.8. The second kappa shape index (κ2) is 9.23. The predicted octanol–water partition coefficient (Wildman–Crippen LogP) is 0.212. The van der Waals surface area contributed by atoms with Crippen molar-refractivity contribution in [3.05, 3.63) is 29.3 Å². The number of β-amino-alcohol motifs (C(OH)–C–C–N with tert-alkyl or cyclic N) is 1. The molecule has 2 N–H and O–H groups in total. The third-order valence-electron chi connectivity index (χ3n) is 5.02. The molecule has 158 valence electrons. The fourth-order valence-corrected chi connectivity index (χ4v) is 3.32. The SMILES string of the molecule is Cc1ccc(C)c(OC[C@H](O)CN2C(=O)N[C@H](CC(=O)N3CCOCC3)C2=O)c1. The number of nitrogens with one attached hydrogen (secondary N) is 1. The number of carbonyl (C=O) groups is 3. The number of carbonyl (C=O) groups excluding carboxylic acids is 3. The summed E-state index contributed by atoms with van der Waals surface area (Å²) in [5.74, 6) is -0.0646. The van der Waals surface area contributed by atoms with E-state index in [4.69, 9.17) is 9.47 Å². The van der Waals surface area contributed by atoms with E-state index in [1.807, 2.05) is 32.0 Å². The van der Waals surface area contributed by atoms with Crippen LogP contribution in [-0.4, -0.2) is 84.4 Å². The number of ether oxygens (including phenoxy) is 2. The van der Waals surface area contributed by atoms with Crippen molar-refractivity contribution < 1.29 is 29.0 Å². The number of aliphatic hydroxyl groups excluding tert-OH is 1. The lowest BCUT2D eigenvalue weighted by Gasteiger charge is -2.27. The monoisotopic (exact) mass is 405 g/mol. The van der Waals surface area contributed by atoms with E-state index in [1.165, 1.54) is 0 Å². The molecule has 2 aliphatic rings. The first-order valence-electron chi connectivity index (χ1n) is 9.70. The Kier molecular flexibility index (Phi) is 6.71. The van der Waals surface area contributed by atoms with E-state index in [-0.39, 0.29) is 25.5 Å². The van der Waals surface area contributed by atoms with Gasteiger partial charge in [-0.1, -0.05) is 12.1 Å². The second-order valence-electron chi connectivity index (χ2n) is 7.38. The second-order valence-corrected chi connectivity index (χ2v) is 7.38. The van der Waals surface area contributed by atoms with E-state index >= 15 is 0 Å². The molecule has 2 heterocycles. The fraction of sp³-hybridized carbons (Fsp3) is 0.550. The minimum absolute atomic E-state index is 0.0568. The number of morpholine rings is 1. The molecule has 1 aromatic rings. The lowest BCUT2D eigenvalue weighted by Crippen LogP contribution is -2.44. The summed E-state index contributed by atoms with van der Waals surface area (Å²) >= 11 is 0. The van der Waals surface area contributed by atoms with Crippen molar-refractivity contribution >= 4 is 17.8 Å². The van der Waals surface area contributed by atoms with Gasteiger partial charge in [0.1, 0.15) is 24.5 Å². The molecule has 9 heteroatoms. The Balaban J connectivity index is 1.51. The molecule has 0 bridgehead atoms. The summed E-state index contributed by atoms with van der Waals surface area (Å²) in [6, 6.07) is 4.23. The first-order valence-corrected chi connectivity index (χ1v) is 9.70.